The highest BCUT2D eigenvalue weighted by Crippen LogP contribution is 2.22. The van der Waals surface area contributed by atoms with Gasteiger partial charge in [0.25, 0.3) is 0 Å². The molecule has 1 N–H and O–H groups in total. The molecule has 0 spiro atoms. The maximum absolute atomic E-state index is 12.4. The van der Waals surface area contributed by atoms with E-state index in [0.29, 0.717) is 31.0 Å². The van der Waals surface area contributed by atoms with Crippen molar-refractivity contribution >= 4 is 22.9 Å². The Hall–Kier alpha value is -2.51. The molecule has 1 aliphatic rings. The van der Waals surface area contributed by atoms with Gasteiger partial charge in [-0.3, -0.25) is 9.69 Å². The second-order valence-corrected chi connectivity index (χ2v) is 7.98. The quantitative estimate of drug-likeness (QED) is 0.613. The van der Waals surface area contributed by atoms with E-state index in [2.05, 4.69) is 26.4 Å². The molecule has 0 saturated carbocycles. The van der Waals surface area contributed by atoms with Crippen molar-refractivity contribution in [1.29, 1.82) is 0 Å². The average Bonchev–Trinajstić information content (AvgIpc) is 3.46. The third kappa shape index (κ3) is 4.85. The fourth-order valence-electron chi connectivity index (χ4n) is 3.44. The van der Waals surface area contributed by atoms with E-state index in [0.717, 1.165) is 30.2 Å². The molecule has 2 aromatic heterocycles. The van der Waals surface area contributed by atoms with Crippen LogP contribution in [0.1, 0.15) is 37.1 Å². The molecule has 0 atom stereocenters. The number of thiophene rings is 1. The molecule has 1 aromatic carbocycles. The zero-order chi connectivity index (χ0) is 19.2. The van der Waals surface area contributed by atoms with Gasteiger partial charge in [-0.05, 0) is 55.4 Å². The Kier molecular flexibility index (Phi) is 6.14. The zero-order valence-electron chi connectivity index (χ0n) is 15.8. The van der Waals surface area contributed by atoms with E-state index in [1.165, 1.54) is 18.4 Å². The van der Waals surface area contributed by atoms with E-state index in [1.807, 2.05) is 35.7 Å². The third-order valence-corrected chi connectivity index (χ3v) is 5.75. The fourth-order valence-corrected chi connectivity index (χ4v) is 4.09. The topological polar surface area (TPSA) is 71.3 Å². The van der Waals surface area contributed by atoms with Crippen molar-refractivity contribution in [1.82, 2.24) is 15.0 Å². The van der Waals surface area contributed by atoms with Gasteiger partial charge in [0.2, 0.25) is 17.6 Å². The summed E-state index contributed by atoms with van der Waals surface area (Å²) in [4.78, 5) is 20.2. The first kappa shape index (κ1) is 18.8. The molecule has 146 valence electrons. The summed E-state index contributed by atoms with van der Waals surface area (Å²) in [6.45, 7) is 3.17. The summed E-state index contributed by atoms with van der Waals surface area (Å²) < 4.78 is 5.29. The zero-order valence-corrected chi connectivity index (χ0v) is 16.6. The van der Waals surface area contributed by atoms with Crippen LogP contribution in [-0.4, -0.2) is 34.0 Å². The van der Waals surface area contributed by atoms with Crippen LogP contribution in [0.3, 0.4) is 0 Å². The number of carbonyl (C=O) groups is 1. The molecule has 0 bridgehead atoms. The largest absolute Gasteiger partial charge is 0.339 e. The number of hydrogen-bond acceptors (Lipinski definition) is 6. The van der Waals surface area contributed by atoms with Crippen LogP contribution in [0.2, 0.25) is 0 Å². The van der Waals surface area contributed by atoms with Crippen LogP contribution < -0.4 is 5.32 Å². The van der Waals surface area contributed by atoms with E-state index in [1.54, 1.807) is 11.3 Å². The van der Waals surface area contributed by atoms with Crippen molar-refractivity contribution in [2.75, 3.05) is 18.4 Å². The van der Waals surface area contributed by atoms with Crippen molar-refractivity contribution in [3.05, 3.63) is 53.2 Å². The Balaban J connectivity index is 1.27. The first-order valence-corrected chi connectivity index (χ1v) is 10.6. The van der Waals surface area contributed by atoms with E-state index < -0.39 is 0 Å². The van der Waals surface area contributed by atoms with Gasteiger partial charge in [-0.15, -0.1) is 11.3 Å². The smallest absolute Gasteiger partial charge is 0.226 e. The van der Waals surface area contributed by atoms with Crippen LogP contribution in [0.4, 0.5) is 5.69 Å². The lowest BCUT2D eigenvalue weighted by molar-refractivity contribution is -0.116. The van der Waals surface area contributed by atoms with Gasteiger partial charge in [0.1, 0.15) is 0 Å². The Morgan fingerprint density at radius 2 is 2.04 bits per heavy atom. The molecule has 6 nitrogen and oxygen atoms in total. The molecule has 3 heterocycles. The number of nitrogens with one attached hydrogen (secondary N) is 1. The number of carbonyl (C=O) groups excluding carboxylic acids is 1. The molecule has 1 saturated heterocycles. The third-order valence-electron chi connectivity index (χ3n) is 4.89. The number of likely N-dealkylation sites (tertiary alicyclic amines) is 1. The molecule has 0 unspecified atom stereocenters. The Morgan fingerprint density at radius 1 is 1.18 bits per heavy atom. The molecular weight excluding hydrogens is 372 g/mol. The number of hydrogen-bond donors (Lipinski definition) is 1. The van der Waals surface area contributed by atoms with Gasteiger partial charge in [-0.25, -0.2) is 0 Å². The summed E-state index contributed by atoms with van der Waals surface area (Å²) in [5, 5.41) is 9.05. The minimum Gasteiger partial charge on any atom is -0.339 e. The fraction of sp³-hybridized carbons (Fsp3) is 0.381. The lowest BCUT2D eigenvalue weighted by Crippen LogP contribution is -2.20. The van der Waals surface area contributed by atoms with Gasteiger partial charge in [-0.2, -0.15) is 4.98 Å². The summed E-state index contributed by atoms with van der Waals surface area (Å²) >= 11 is 1.58. The number of rotatable bonds is 8. The number of anilines is 1. The minimum atomic E-state index is 0.0202. The van der Waals surface area contributed by atoms with Gasteiger partial charge in [0.15, 0.2) is 0 Å². The van der Waals surface area contributed by atoms with Gasteiger partial charge in [0.05, 0.1) is 4.88 Å². The highest BCUT2D eigenvalue weighted by molar-refractivity contribution is 7.13. The van der Waals surface area contributed by atoms with E-state index in [4.69, 9.17) is 4.52 Å². The monoisotopic (exact) mass is 396 g/mol. The van der Waals surface area contributed by atoms with Gasteiger partial charge in [0, 0.05) is 25.1 Å². The molecule has 1 fully saturated rings. The van der Waals surface area contributed by atoms with Crippen molar-refractivity contribution in [2.45, 2.75) is 38.6 Å². The number of benzene rings is 1. The molecule has 1 aliphatic heterocycles. The number of aryl methyl sites for hydroxylation is 1. The van der Waals surface area contributed by atoms with Crippen molar-refractivity contribution in [3.8, 4) is 10.7 Å². The van der Waals surface area contributed by atoms with Crippen molar-refractivity contribution < 1.29 is 9.32 Å². The van der Waals surface area contributed by atoms with E-state index in [-0.39, 0.29) is 5.91 Å². The van der Waals surface area contributed by atoms with Crippen LogP contribution in [-0.2, 0) is 17.8 Å². The molecule has 1 amide bonds. The summed E-state index contributed by atoms with van der Waals surface area (Å²) in [5.41, 5.74) is 2.09. The lowest BCUT2D eigenvalue weighted by atomic mass is 10.1. The molecular formula is C21H24N4O2S. The summed E-state index contributed by atoms with van der Waals surface area (Å²) in [6.07, 6.45) is 4.22. The second-order valence-electron chi connectivity index (χ2n) is 7.03. The minimum absolute atomic E-state index is 0.0202. The first-order chi connectivity index (χ1) is 13.8. The number of para-hydroxylation sites is 1. The predicted octanol–water partition coefficient (Wildman–Crippen LogP) is 4.36. The number of aromatic nitrogens is 2. The van der Waals surface area contributed by atoms with E-state index in [9.17, 15) is 4.79 Å². The Morgan fingerprint density at radius 3 is 2.86 bits per heavy atom. The highest BCUT2D eigenvalue weighted by Gasteiger charge is 2.15. The maximum atomic E-state index is 12.4. The predicted molar refractivity (Wildman–Crippen MR) is 110 cm³/mol. The molecule has 4 rings (SSSR count). The van der Waals surface area contributed by atoms with Crippen LogP contribution in [0.15, 0.2) is 46.3 Å². The van der Waals surface area contributed by atoms with E-state index >= 15 is 0 Å². The summed E-state index contributed by atoms with van der Waals surface area (Å²) in [7, 11) is 0. The molecule has 3 aromatic rings. The highest BCUT2D eigenvalue weighted by atomic mass is 32.1. The number of amides is 1. The molecule has 7 heteroatoms. The summed E-state index contributed by atoms with van der Waals surface area (Å²) in [6, 6.07) is 12.0. The molecule has 28 heavy (non-hydrogen) atoms. The maximum Gasteiger partial charge on any atom is 0.226 e. The van der Waals surface area contributed by atoms with Crippen LogP contribution in [0, 0.1) is 0 Å². The molecule has 0 aliphatic carbocycles. The average molecular weight is 397 g/mol. The Labute approximate surface area is 168 Å². The van der Waals surface area contributed by atoms with Gasteiger partial charge in [-0.1, -0.05) is 29.4 Å². The first-order valence-electron chi connectivity index (χ1n) is 9.74. The lowest BCUT2D eigenvalue weighted by Gasteiger charge is -2.17. The second kappa shape index (κ2) is 9.12. The molecule has 0 radical (unpaired) electrons. The van der Waals surface area contributed by atoms with Crippen molar-refractivity contribution in [3.63, 3.8) is 0 Å². The van der Waals surface area contributed by atoms with Crippen LogP contribution in [0.25, 0.3) is 10.7 Å². The van der Waals surface area contributed by atoms with Crippen molar-refractivity contribution in [2.24, 2.45) is 0 Å². The standard InChI is InChI=1S/C21H24N4O2S/c26-19(10-5-11-20-23-21(24-27-20)18-9-6-14-28-18)22-17-8-2-1-7-16(17)15-25-12-3-4-13-25/h1-2,6-9,14H,3-5,10-13,15H2,(H,22,26). The van der Waals surface area contributed by atoms with Gasteiger partial charge >= 0.3 is 0 Å². The van der Waals surface area contributed by atoms with Crippen LogP contribution >= 0.6 is 11.3 Å². The summed E-state index contributed by atoms with van der Waals surface area (Å²) in [5.74, 6) is 1.21. The number of nitrogens with zero attached hydrogens (tertiary/aromatic N) is 3. The normalized spacial score (nSPS) is 14.4. The Bertz CT molecular complexity index is 901. The van der Waals surface area contributed by atoms with Crippen LogP contribution in [0.5, 0.6) is 0 Å². The van der Waals surface area contributed by atoms with Gasteiger partial charge < -0.3 is 9.84 Å². The SMILES string of the molecule is O=C(CCCc1nc(-c2cccs2)no1)Nc1ccccc1CN1CCCC1.